The first kappa shape index (κ1) is 20.9. The number of esters is 1. The zero-order valence-corrected chi connectivity index (χ0v) is 17.4. The number of ether oxygens (including phenoxy) is 2. The van der Waals surface area contributed by atoms with Crippen molar-refractivity contribution in [1.82, 2.24) is 4.31 Å². The summed E-state index contributed by atoms with van der Waals surface area (Å²) in [6, 6.07) is 7.45. The van der Waals surface area contributed by atoms with Crippen LogP contribution in [0, 0.1) is 6.92 Å². The largest absolute Gasteiger partial charge is 0.454 e. The van der Waals surface area contributed by atoms with E-state index < -0.39 is 22.6 Å². The van der Waals surface area contributed by atoms with E-state index in [0.29, 0.717) is 28.0 Å². The maximum atomic E-state index is 12.9. The van der Waals surface area contributed by atoms with E-state index in [2.05, 4.69) is 0 Å². The fourth-order valence-corrected chi connectivity index (χ4v) is 5.31. The van der Waals surface area contributed by atoms with Gasteiger partial charge in [-0.25, -0.2) is 13.2 Å². The standard InChI is InChI=1S/C18H18ClNO6S2/c1-12-2-3-13(10-16(12)28(23,24)20-6-8-25-9-7-20)18(22)26-11-14(21)15-4-5-17(19)27-15/h2-5,10H,6-9,11H2,1H3. The molecule has 0 atom stereocenters. The van der Waals surface area contributed by atoms with Crippen LogP contribution in [0.15, 0.2) is 35.2 Å². The summed E-state index contributed by atoms with van der Waals surface area (Å²) in [6.45, 7) is 2.38. The number of hydrogen-bond donors (Lipinski definition) is 0. The summed E-state index contributed by atoms with van der Waals surface area (Å²) in [7, 11) is -3.75. The molecule has 0 amide bonds. The average molecular weight is 444 g/mol. The highest BCUT2D eigenvalue weighted by Gasteiger charge is 2.28. The van der Waals surface area contributed by atoms with Gasteiger partial charge in [-0.1, -0.05) is 17.7 Å². The molecule has 7 nitrogen and oxygen atoms in total. The van der Waals surface area contributed by atoms with E-state index in [9.17, 15) is 18.0 Å². The maximum Gasteiger partial charge on any atom is 0.338 e. The van der Waals surface area contributed by atoms with Crippen molar-refractivity contribution in [3.8, 4) is 0 Å². The lowest BCUT2D eigenvalue weighted by Gasteiger charge is -2.26. The van der Waals surface area contributed by atoms with E-state index in [1.54, 1.807) is 25.1 Å². The predicted molar refractivity (Wildman–Crippen MR) is 105 cm³/mol. The number of Topliss-reactive ketones (excluding diaryl/α,β-unsaturated/α-hetero) is 1. The number of rotatable bonds is 6. The Kier molecular flexibility index (Phi) is 6.51. The number of carbonyl (C=O) groups is 2. The van der Waals surface area contributed by atoms with Gasteiger partial charge in [0.1, 0.15) is 0 Å². The lowest BCUT2D eigenvalue weighted by atomic mass is 10.1. The quantitative estimate of drug-likeness (QED) is 0.503. The van der Waals surface area contributed by atoms with Gasteiger partial charge in [-0.05, 0) is 36.8 Å². The molecule has 3 rings (SSSR count). The summed E-state index contributed by atoms with van der Waals surface area (Å²) in [6.07, 6.45) is 0. The van der Waals surface area contributed by atoms with Crippen LogP contribution in [-0.4, -0.2) is 57.4 Å². The molecule has 2 aromatic rings. The number of ketones is 1. The van der Waals surface area contributed by atoms with Crippen LogP contribution < -0.4 is 0 Å². The van der Waals surface area contributed by atoms with Crippen LogP contribution in [0.5, 0.6) is 0 Å². The average Bonchev–Trinajstić information content (AvgIpc) is 3.13. The Morgan fingerprint density at radius 2 is 1.93 bits per heavy atom. The third-order valence-corrected chi connectivity index (χ3v) is 7.51. The molecule has 0 aliphatic carbocycles. The number of thiophene rings is 1. The lowest BCUT2D eigenvalue weighted by molar-refractivity contribution is 0.0475. The normalized spacial score (nSPS) is 15.4. The molecule has 1 saturated heterocycles. The second-order valence-electron chi connectivity index (χ2n) is 6.10. The smallest absolute Gasteiger partial charge is 0.338 e. The van der Waals surface area contributed by atoms with E-state index >= 15 is 0 Å². The van der Waals surface area contributed by atoms with Gasteiger partial charge < -0.3 is 9.47 Å². The van der Waals surface area contributed by atoms with Gasteiger partial charge in [0.15, 0.2) is 6.61 Å². The minimum absolute atomic E-state index is 0.0419. The van der Waals surface area contributed by atoms with E-state index in [0.717, 1.165) is 11.3 Å². The summed E-state index contributed by atoms with van der Waals surface area (Å²) in [5.41, 5.74) is 0.585. The van der Waals surface area contributed by atoms with Crippen LogP contribution in [0.4, 0.5) is 0 Å². The van der Waals surface area contributed by atoms with E-state index in [1.165, 1.54) is 16.4 Å². The van der Waals surface area contributed by atoms with Gasteiger partial charge in [0.25, 0.3) is 0 Å². The van der Waals surface area contributed by atoms with Crippen LogP contribution in [-0.2, 0) is 19.5 Å². The molecule has 1 aromatic heterocycles. The number of nitrogens with zero attached hydrogens (tertiary/aromatic N) is 1. The molecular formula is C18H18ClNO6S2. The summed E-state index contributed by atoms with van der Waals surface area (Å²) in [5, 5.41) is 0. The summed E-state index contributed by atoms with van der Waals surface area (Å²) in [4.78, 5) is 24.8. The van der Waals surface area contributed by atoms with Gasteiger partial charge in [-0.15, -0.1) is 11.3 Å². The van der Waals surface area contributed by atoms with Crippen molar-refractivity contribution in [2.45, 2.75) is 11.8 Å². The van der Waals surface area contributed by atoms with Gasteiger partial charge in [0.2, 0.25) is 15.8 Å². The van der Waals surface area contributed by atoms with Crippen molar-refractivity contribution in [3.63, 3.8) is 0 Å². The Labute approximate surface area is 171 Å². The number of carbonyl (C=O) groups excluding carboxylic acids is 2. The second kappa shape index (κ2) is 8.71. The van der Waals surface area contributed by atoms with Crippen LogP contribution >= 0.6 is 22.9 Å². The van der Waals surface area contributed by atoms with Crippen molar-refractivity contribution >= 4 is 44.7 Å². The predicted octanol–water partition coefficient (Wildman–Crippen LogP) is 2.77. The third kappa shape index (κ3) is 4.61. The third-order valence-electron chi connectivity index (χ3n) is 4.19. The van der Waals surface area contributed by atoms with Gasteiger partial charge in [0, 0.05) is 13.1 Å². The lowest BCUT2D eigenvalue weighted by Crippen LogP contribution is -2.40. The molecule has 1 aromatic carbocycles. The van der Waals surface area contributed by atoms with Crippen molar-refractivity contribution < 1.29 is 27.5 Å². The highest BCUT2D eigenvalue weighted by Crippen LogP contribution is 2.24. The molecule has 1 aliphatic rings. The van der Waals surface area contributed by atoms with E-state index in [-0.39, 0.29) is 29.3 Å². The summed E-state index contributed by atoms with van der Waals surface area (Å²) >= 11 is 6.89. The van der Waals surface area contributed by atoms with E-state index in [4.69, 9.17) is 21.1 Å². The number of morpholine rings is 1. The molecule has 0 N–H and O–H groups in total. The number of benzene rings is 1. The van der Waals surface area contributed by atoms with Crippen LogP contribution in [0.25, 0.3) is 0 Å². The molecular weight excluding hydrogens is 426 g/mol. The highest BCUT2D eigenvalue weighted by atomic mass is 35.5. The molecule has 0 unspecified atom stereocenters. The van der Waals surface area contributed by atoms with Crippen LogP contribution in [0.1, 0.15) is 25.6 Å². The molecule has 0 saturated carbocycles. The molecule has 150 valence electrons. The highest BCUT2D eigenvalue weighted by molar-refractivity contribution is 7.89. The van der Waals surface area contributed by atoms with Crippen molar-refractivity contribution in [3.05, 3.63) is 50.7 Å². The number of sulfonamides is 1. The SMILES string of the molecule is Cc1ccc(C(=O)OCC(=O)c2ccc(Cl)s2)cc1S(=O)(=O)N1CCOCC1. The monoisotopic (exact) mass is 443 g/mol. The Morgan fingerprint density at radius 3 is 2.57 bits per heavy atom. The molecule has 1 aliphatic heterocycles. The minimum atomic E-state index is -3.75. The molecule has 0 spiro atoms. The number of hydrogen-bond acceptors (Lipinski definition) is 7. The Morgan fingerprint density at radius 1 is 1.21 bits per heavy atom. The first-order valence-corrected chi connectivity index (χ1v) is 11.1. The molecule has 1 fully saturated rings. The molecule has 2 heterocycles. The van der Waals surface area contributed by atoms with Crippen molar-refractivity contribution in [2.24, 2.45) is 0 Å². The first-order valence-electron chi connectivity index (χ1n) is 8.43. The summed E-state index contributed by atoms with van der Waals surface area (Å²) < 4.78 is 37.8. The van der Waals surface area contributed by atoms with Gasteiger partial charge in [-0.3, -0.25) is 4.79 Å². The molecule has 0 bridgehead atoms. The molecule has 10 heteroatoms. The Bertz CT molecular complexity index is 995. The fraction of sp³-hybridized carbons (Fsp3) is 0.333. The molecule has 0 radical (unpaired) electrons. The maximum absolute atomic E-state index is 12.9. The Hall–Kier alpha value is -1.78. The zero-order chi connectivity index (χ0) is 20.3. The van der Waals surface area contributed by atoms with Crippen molar-refractivity contribution in [1.29, 1.82) is 0 Å². The minimum Gasteiger partial charge on any atom is -0.454 e. The summed E-state index contributed by atoms with van der Waals surface area (Å²) in [5.74, 6) is -1.15. The number of aryl methyl sites for hydroxylation is 1. The second-order valence-corrected chi connectivity index (χ2v) is 9.72. The molecule has 28 heavy (non-hydrogen) atoms. The van der Waals surface area contributed by atoms with Gasteiger partial charge >= 0.3 is 5.97 Å². The van der Waals surface area contributed by atoms with E-state index in [1.807, 2.05) is 0 Å². The van der Waals surface area contributed by atoms with Crippen LogP contribution in [0.2, 0.25) is 4.34 Å². The van der Waals surface area contributed by atoms with Crippen LogP contribution in [0.3, 0.4) is 0 Å². The van der Waals surface area contributed by atoms with Gasteiger partial charge in [0.05, 0.1) is 32.9 Å². The van der Waals surface area contributed by atoms with Crippen molar-refractivity contribution in [2.75, 3.05) is 32.9 Å². The zero-order valence-electron chi connectivity index (χ0n) is 15.0. The van der Waals surface area contributed by atoms with Gasteiger partial charge in [-0.2, -0.15) is 4.31 Å². The number of halogens is 1. The first-order chi connectivity index (χ1) is 13.3. The Balaban J connectivity index is 1.75. The fourth-order valence-electron chi connectivity index (χ4n) is 2.68. The topological polar surface area (TPSA) is 90.0 Å².